The van der Waals surface area contributed by atoms with Crippen molar-refractivity contribution in [3.8, 4) is 11.4 Å². The Morgan fingerprint density at radius 1 is 1.16 bits per heavy atom. The number of nitrogens with zero attached hydrogens (tertiary/aromatic N) is 3. The molecule has 0 amide bonds. The summed E-state index contributed by atoms with van der Waals surface area (Å²) in [5.74, 6) is -0.854. The molecule has 0 aromatic carbocycles. The van der Waals surface area contributed by atoms with Crippen LogP contribution in [0.15, 0.2) is 43.0 Å². The van der Waals surface area contributed by atoms with Gasteiger partial charge in [0.15, 0.2) is 18.2 Å². The zero-order valence-electron chi connectivity index (χ0n) is 10.1. The summed E-state index contributed by atoms with van der Waals surface area (Å²) in [6.07, 6.45) is 6.24. The number of pyridine rings is 1. The van der Waals surface area contributed by atoms with Gasteiger partial charge in [-0.15, -0.1) is 0 Å². The van der Waals surface area contributed by atoms with Gasteiger partial charge >= 0.3 is 5.97 Å². The minimum absolute atomic E-state index is 0.0439. The lowest BCUT2D eigenvalue weighted by molar-refractivity contribution is -0.684. The number of hydrogen-bond acceptors (Lipinski definition) is 4. The number of hydrogen-bond donors (Lipinski definition) is 1. The second-order valence-electron chi connectivity index (χ2n) is 3.94. The van der Waals surface area contributed by atoms with Crippen LogP contribution in [0.5, 0.6) is 0 Å². The van der Waals surface area contributed by atoms with Crippen LogP contribution in [-0.4, -0.2) is 26.8 Å². The third-order valence-electron chi connectivity index (χ3n) is 2.42. The van der Waals surface area contributed by atoms with Crippen LogP contribution in [0.3, 0.4) is 0 Å². The predicted octanol–water partition coefficient (Wildman–Crippen LogP) is 0.475. The maximum atomic E-state index is 11.4. The third kappa shape index (κ3) is 3.67. The molecule has 96 valence electrons. The van der Waals surface area contributed by atoms with E-state index in [1.807, 2.05) is 0 Å². The van der Waals surface area contributed by atoms with E-state index in [9.17, 15) is 9.59 Å². The van der Waals surface area contributed by atoms with Gasteiger partial charge in [-0.25, -0.2) is 9.97 Å². The van der Waals surface area contributed by atoms with Crippen molar-refractivity contribution in [2.75, 3.05) is 0 Å². The number of ketones is 1. The molecule has 0 saturated carbocycles. The summed E-state index contributed by atoms with van der Waals surface area (Å²) >= 11 is 0. The Labute approximate surface area is 109 Å². The summed E-state index contributed by atoms with van der Waals surface area (Å²) in [7, 11) is 0. The highest BCUT2D eigenvalue weighted by Crippen LogP contribution is 2.10. The van der Waals surface area contributed by atoms with Crippen molar-refractivity contribution in [1.82, 2.24) is 9.97 Å². The van der Waals surface area contributed by atoms with Gasteiger partial charge in [-0.05, 0) is 6.07 Å². The maximum Gasteiger partial charge on any atom is 0.311 e. The average Bonchev–Trinajstić information content (AvgIpc) is 2.39. The van der Waals surface area contributed by atoms with Crippen LogP contribution in [0.4, 0.5) is 0 Å². The van der Waals surface area contributed by atoms with Crippen molar-refractivity contribution in [3.05, 3.63) is 43.0 Å². The van der Waals surface area contributed by atoms with E-state index in [1.54, 1.807) is 47.6 Å². The molecule has 0 unspecified atom stereocenters. The molecule has 2 rings (SSSR count). The molecule has 0 aliphatic rings. The number of aromatic nitrogens is 3. The zero-order chi connectivity index (χ0) is 13.7. The minimum Gasteiger partial charge on any atom is -0.481 e. The fourth-order valence-electron chi connectivity index (χ4n) is 1.59. The van der Waals surface area contributed by atoms with Gasteiger partial charge in [0.1, 0.15) is 6.42 Å². The molecule has 2 aromatic rings. The van der Waals surface area contributed by atoms with Crippen LogP contribution in [0.1, 0.15) is 6.42 Å². The molecule has 0 aliphatic carbocycles. The predicted molar refractivity (Wildman–Crippen MR) is 64.9 cm³/mol. The molecule has 0 radical (unpaired) electrons. The highest BCUT2D eigenvalue weighted by atomic mass is 16.4. The molecule has 2 heterocycles. The molecule has 0 fully saturated rings. The Morgan fingerprint density at radius 3 is 2.37 bits per heavy atom. The lowest BCUT2D eigenvalue weighted by atomic mass is 10.2. The van der Waals surface area contributed by atoms with E-state index in [1.165, 1.54) is 0 Å². The molecule has 1 N–H and O–H groups in total. The third-order valence-corrected chi connectivity index (χ3v) is 2.42. The number of carbonyl (C=O) groups excluding carboxylic acids is 1. The van der Waals surface area contributed by atoms with Crippen molar-refractivity contribution >= 4 is 11.8 Å². The van der Waals surface area contributed by atoms with E-state index in [4.69, 9.17) is 5.11 Å². The van der Waals surface area contributed by atoms with Gasteiger partial charge in [-0.3, -0.25) is 9.59 Å². The fraction of sp³-hybridized carbons (Fsp3) is 0.154. The maximum absolute atomic E-state index is 11.4. The Morgan fingerprint density at radius 2 is 1.79 bits per heavy atom. The minimum atomic E-state index is -1.11. The first-order chi connectivity index (χ1) is 9.15. The molecule has 0 spiro atoms. The summed E-state index contributed by atoms with van der Waals surface area (Å²) < 4.78 is 1.62. The highest BCUT2D eigenvalue weighted by molar-refractivity contribution is 5.93. The van der Waals surface area contributed by atoms with Crippen LogP contribution < -0.4 is 4.57 Å². The number of carboxylic acid groups (broad SMARTS) is 1. The van der Waals surface area contributed by atoms with E-state index in [2.05, 4.69) is 9.97 Å². The standard InChI is InChI=1S/C13H11N3O3/c17-11(8-12(18)19)9-16-6-2-10(3-7-16)13-14-4-1-5-15-13/h1-7H,8-9H2/p+1. The summed E-state index contributed by atoms with van der Waals surface area (Å²) in [6, 6.07) is 5.30. The van der Waals surface area contributed by atoms with Crippen molar-refractivity contribution in [1.29, 1.82) is 0 Å². The SMILES string of the molecule is O=C(O)CC(=O)C[n+]1ccc(-c2ncccn2)cc1. The van der Waals surface area contributed by atoms with Crippen LogP contribution >= 0.6 is 0 Å². The first-order valence-corrected chi connectivity index (χ1v) is 5.65. The van der Waals surface area contributed by atoms with Crippen LogP contribution in [0.25, 0.3) is 11.4 Å². The molecule has 0 bridgehead atoms. The first kappa shape index (κ1) is 12.8. The summed E-state index contributed by atoms with van der Waals surface area (Å²) in [6.45, 7) is 0.0439. The van der Waals surface area contributed by atoms with E-state index >= 15 is 0 Å². The van der Waals surface area contributed by atoms with Gasteiger partial charge in [0.05, 0.1) is 0 Å². The second-order valence-corrected chi connectivity index (χ2v) is 3.94. The number of aliphatic carboxylic acids is 1. The number of rotatable bonds is 5. The fourth-order valence-corrected chi connectivity index (χ4v) is 1.59. The van der Waals surface area contributed by atoms with E-state index in [0.29, 0.717) is 5.82 Å². The van der Waals surface area contributed by atoms with Crippen molar-refractivity contribution in [2.24, 2.45) is 0 Å². The van der Waals surface area contributed by atoms with Crippen LogP contribution in [-0.2, 0) is 16.1 Å². The first-order valence-electron chi connectivity index (χ1n) is 5.65. The topological polar surface area (TPSA) is 84.0 Å². The van der Waals surface area contributed by atoms with Crippen LogP contribution in [0.2, 0.25) is 0 Å². The van der Waals surface area contributed by atoms with Crippen molar-refractivity contribution in [2.45, 2.75) is 13.0 Å². The lowest BCUT2D eigenvalue weighted by Gasteiger charge is -1.98. The van der Waals surface area contributed by atoms with Gasteiger partial charge < -0.3 is 5.11 Å². The highest BCUT2D eigenvalue weighted by Gasteiger charge is 2.13. The second kappa shape index (κ2) is 5.81. The molecule has 0 saturated heterocycles. The average molecular weight is 258 g/mol. The Balaban J connectivity index is 2.07. The van der Waals surface area contributed by atoms with Gasteiger partial charge in [-0.1, -0.05) is 0 Å². The molecular formula is C13H12N3O3+. The largest absolute Gasteiger partial charge is 0.481 e. The van der Waals surface area contributed by atoms with Gasteiger partial charge in [0.25, 0.3) is 0 Å². The van der Waals surface area contributed by atoms with Gasteiger partial charge in [0, 0.05) is 30.1 Å². The molecular weight excluding hydrogens is 246 g/mol. The van der Waals surface area contributed by atoms with Crippen molar-refractivity contribution < 1.29 is 19.3 Å². The molecule has 6 heteroatoms. The Bertz CT molecular complexity index is 582. The summed E-state index contributed by atoms with van der Waals surface area (Å²) in [5.41, 5.74) is 0.836. The van der Waals surface area contributed by atoms with E-state index in [0.717, 1.165) is 5.56 Å². The quantitative estimate of drug-likeness (QED) is 0.622. The van der Waals surface area contributed by atoms with Gasteiger partial charge in [-0.2, -0.15) is 4.57 Å². The molecule has 19 heavy (non-hydrogen) atoms. The Kier molecular flexibility index (Phi) is 3.92. The lowest BCUT2D eigenvalue weighted by Crippen LogP contribution is -2.37. The molecule has 0 atom stereocenters. The number of carboxylic acids is 1. The number of Topliss-reactive ketones (excluding diaryl/α,β-unsaturated/α-hetero) is 1. The normalized spacial score (nSPS) is 10.1. The van der Waals surface area contributed by atoms with Crippen molar-refractivity contribution in [3.63, 3.8) is 0 Å². The van der Waals surface area contributed by atoms with Gasteiger partial charge in [0.2, 0.25) is 12.3 Å². The summed E-state index contributed by atoms with van der Waals surface area (Å²) in [5, 5.41) is 8.51. The molecule has 0 aliphatic heterocycles. The van der Waals surface area contributed by atoms with E-state index < -0.39 is 12.4 Å². The molecule has 6 nitrogen and oxygen atoms in total. The summed E-state index contributed by atoms with van der Waals surface area (Å²) in [4.78, 5) is 30.0. The smallest absolute Gasteiger partial charge is 0.311 e. The van der Waals surface area contributed by atoms with E-state index in [-0.39, 0.29) is 12.3 Å². The Hall–Kier alpha value is -2.63. The monoisotopic (exact) mass is 258 g/mol. The van der Waals surface area contributed by atoms with Crippen LogP contribution in [0, 0.1) is 0 Å². The molecule has 2 aromatic heterocycles. The zero-order valence-corrected chi connectivity index (χ0v) is 10.1. The number of carbonyl (C=O) groups is 2.